The summed E-state index contributed by atoms with van der Waals surface area (Å²) in [5.41, 5.74) is -0.0695. The summed E-state index contributed by atoms with van der Waals surface area (Å²) < 4.78 is 31.4. The molecule has 9 heteroatoms. The molecule has 0 saturated carbocycles. The van der Waals surface area contributed by atoms with Crippen LogP contribution in [0.5, 0.6) is 0 Å². The first-order valence-electron chi connectivity index (χ1n) is 7.38. The van der Waals surface area contributed by atoms with E-state index in [0.29, 0.717) is 11.8 Å². The first kappa shape index (κ1) is 17.2. The molecule has 0 spiro atoms. The predicted octanol–water partition coefficient (Wildman–Crippen LogP) is 3.16. The zero-order valence-corrected chi connectivity index (χ0v) is 13.4. The fraction of sp³-hybridized carbons (Fsp3) is 0.0588. The number of amides is 2. The number of halogens is 2. The van der Waals surface area contributed by atoms with Crippen molar-refractivity contribution in [2.45, 2.75) is 6.92 Å². The first-order valence-corrected chi connectivity index (χ1v) is 7.38. The number of hydrogen-bond donors (Lipinski definition) is 2. The highest BCUT2D eigenvalue weighted by atomic mass is 19.1. The van der Waals surface area contributed by atoms with Crippen LogP contribution in [-0.4, -0.2) is 22.0 Å². The van der Waals surface area contributed by atoms with Gasteiger partial charge in [-0.15, -0.1) is 0 Å². The van der Waals surface area contributed by atoms with Gasteiger partial charge in [0.05, 0.1) is 16.8 Å². The van der Waals surface area contributed by atoms with Crippen molar-refractivity contribution in [3.63, 3.8) is 0 Å². The van der Waals surface area contributed by atoms with E-state index in [-0.39, 0.29) is 22.6 Å². The molecule has 2 heterocycles. The minimum absolute atomic E-state index is 0.0257. The van der Waals surface area contributed by atoms with Gasteiger partial charge in [0.2, 0.25) is 0 Å². The summed E-state index contributed by atoms with van der Waals surface area (Å²) in [5.74, 6) is -2.18. The van der Waals surface area contributed by atoms with Crippen molar-refractivity contribution in [2.75, 3.05) is 10.6 Å². The number of carbonyl (C=O) groups excluding carboxylic acids is 2. The van der Waals surface area contributed by atoms with E-state index in [1.807, 2.05) is 0 Å². The average Bonchev–Trinajstić information content (AvgIpc) is 3.02. The van der Waals surface area contributed by atoms with E-state index >= 15 is 0 Å². The first-order chi connectivity index (χ1) is 12.4. The van der Waals surface area contributed by atoms with Crippen LogP contribution < -0.4 is 10.6 Å². The number of pyridine rings is 1. The maximum Gasteiger partial charge on any atom is 0.258 e. The lowest BCUT2D eigenvalue weighted by Crippen LogP contribution is -2.16. The second-order valence-electron chi connectivity index (χ2n) is 5.32. The van der Waals surface area contributed by atoms with Crippen LogP contribution >= 0.6 is 0 Å². The summed E-state index contributed by atoms with van der Waals surface area (Å²) in [5, 5.41) is 8.42. The van der Waals surface area contributed by atoms with Gasteiger partial charge in [0.25, 0.3) is 11.8 Å². The number of nitrogens with zero attached hydrogens (tertiary/aromatic N) is 2. The SMILES string of the molecule is Cc1cc(NC(=O)c2cncc(C(=O)Nc3ccc(F)cc3F)c2)no1. The highest BCUT2D eigenvalue weighted by molar-refractivity contribution is 6.08. The zero-order valence-electron chi connectivity index (χ0n) is 13.4. The summed E-state index contributed by atoms with van der Waals surface area (Å²) in [4.78, 5) is 28.2. The van der Waals surface area contributed by atoms with Crippen molar-refractivity contribution in [3.05, 3.63) is 71.2 Å². The topological polar surface area (TPSA) is 97.1 Å². The molecule has 0 atom stereocenters. The van der Waals surface area contributed by atoms with Crippen LogP contribution in [0.25, 0.3) is 0 Å². The lowest BCUT2D eigenvalue weighted by molar-refractivity contribution is 0.102. The minimum Gasteiger partial charge on any atom is -0.360 e. The second kappa shape index (κ2) is 7.09. The molecule has 0 aliphatic carbocycles. The molecule has 0 aliphatic rings. The maximum absolute atomic E-state index is 13.6. The molecule has 0 aliphatic heterocycles. The standard InChI is InChI=1S/C17H12F2N4O3/c1-9-4-15(23-26-9)22-17(25)11-5-10(7-20-8-11)16(24)21-14-3-2-12(18)6-13(14)19/h2-8H,1H3,(H,21,24)(H,22,23,25). The van der Waals surface area contributed by atoms with Gasteiger partial charge >= 0.3 is 0 Å². The molecule has 0 fully saturated rings. The molecule has 2 aromatic heterocycles. The van der Waals surface area contributed by atoms with E-state index < -0.39 is 23.4 Å². The van der Waals surface area contributed by atoms with Crippen molar-refractivity contribution < 1.29 is 22.9 Å². The highest BCUT2D eigenvalue weighted by Gasteiger charge is 2.14. The van der Waals surface area contributed by atoms with Crippen LogP contribution in [-0.2, 0) is 0 Å². The molecule has 3 aromatic rings. The fourth-order valence-corrected chi connectivity index (χ4v) is 2.09. The monoisotopic (exact) mass is 358 g/mol. The van der Waals surface area contributed by atoms with Crippen molar-refractivity contribution in [1.82, 2.24) is 10.1 Å². The van der Waals surface area contributed by atoms with Crippen LogP contribution in [0, 0.1) is 18.6 Å². The molecule has 132 valence electrons. The summed E-state index contributed by atoms with van der Waals surface area (Å²) in [6.07, 6.45) is 2.48. The summed E-state index contributed by atoms with van der Waals surface area (Å²) in [7, 11) is 0. The van der Waals surface area contributed by atoms with Crippen LogP contribution in [0.3, 0.4) is 0 Å². The van der Waals surface area contributed by atoms with Crippen LogP contribution in [0.4, 0.5) is 20.3 Å². The average molecular weight is 358 g/mol. The molecule has 0 unspecified atom stereocenters. The Balaban J connectivity index is 1.75. The molecule has 2 N–H and O–H groups in total. The second-order valence-corrected chi connectivity index (χ2v) is 5.32. The quantitative estimate of drug-likeness (QED) is 0.747. The van der Waals surface area contributed by atoms with Crippen molar-refractivity contribution in [3.8, 4) is 0 Å². The molecular weight excluding hydrogens is 346 g/mol. The number of aryl methyl sites for hydroxylation is 1. The van der Waals surface area contributed by atoms with E-state index in [1.54, 1.807) is 6.92 Å². The van der Waals surface area contributed by atoms with Gasteiger partial charge in [-0.2, -0.15) is 0 Å². The maximum atomic E-state index is 13.6. The summed E-state index contributed by atoms with van der Waals surface area (Å²) >= 11 is 0. The number of benzene rings is 1. The van der Waals surface area contributed by atoms with Crippen LogP contribution in [0.15, 0.2) is 47.2 Å². The Morgan fingerprint density at radius 3 is 2.31 bits per heavy atom. The van der Waals surface area contributed by atoms with Gasteiger partial charge < -0.3 is 15.2 Å². The third kappa shape index (κ3) is 3.89. The van der Waals surface area contributed by atoms with E-state index in [4.69, 9.17) is 4.52 Å². The number of aromatic nitrogens is 2. The van der Waals surface area contributed by atoms with E-state index in [0.717, 1.165) is 12.1 Å². The number of nitrogens with one attached hydrogen (secondary N) is 2. The number of rotatable bonds is 4. The van der Waals surface area contributed by atoms with Crippen molar-refractivity contribution in [1.29, 1.82) is 0 Å². The molecule has 3 rings (SSSR count). The molecule has 0 radical (unpaired) electrons. The Morgan fingerprint density at radius 1 is 1.00 bits per heavy atom. The van der Waals surface area contributed by atoms with Crippen LogP contribution in [0.2, 0.25) is 0 Å². The van der Waals surface area contributed by atoms with Gasteiger partial charge in [-0.25, -0.2) is 8.78 Å². The number of hydrogen-bond acceptors (Lipinski definition) is 5. The van der Waals surface area contributed by atoms with E-state index in [2.05, 4.69) is 20.8 Å². The lowest BCUT2D eigenvalue weighted by atomic mass is 10.1. The Kier molecular flexibility index (Phi) is 4.70. The summed E-state index contributed by atoms with van der Waals surface area (Å²) in [6, 6.07) is 5.57. The summed E-state index contributed by atoms with van der Waals surface area (Å²) in [6.45, 7) is 1.67. The van der Waals surface area contributed by atoms with E-state index in [1.165, 1.54) is 24.5 Å². The molecule has 0 bridgehead atoms. The van der Waals surface area contributed by atoms with Crippen molar-refractivity contribution in [2.24, 2.45) is 0 Å². The molecule has 0 saturated heterocycles. The Labute approximate surface area is 146 Å². The minimum atomic E-state index is -0.915. The smallest absolute Gasteiger partial charge is 0.258 e. The molecule has 2 amide bonds. The van der Waals surface area contributed by atoms with Gasteiger partial charge in [-0.1, -0.05) is 5.16 Å². The molecule has 7 nitrogen and oxygen atoms in total. The highest BCUT2D eigenvalue weighted by Crippen LogP contribution is 2.16. The van der Waals surface area contributed by atoms with Gasteiger partial charge in [-0.3, -0.25) is 14.6 Å². The van der Waals surface area contributed by atoms with Gasteiger partial charge in [0.1, 0.15) is 17.4 Å². The van der Waals surface area contributed by atoms with Crippen LogP contribution in [0.1, 0.15) is 26.5 Å². The largest absolute Gasteiger partial charge is 0.360 e. The Morgan fingerprint density at radius 2 is 1.69 bits per heavy atom. The number of carbonyl (C=O) groups is 2. The number of anilines is 2. The lowest BCUT2D eigenvalue weighted by Gasteiger charge is -2.07. The predicted molar refractivity (Wildman–Crippen MR) is 87.7 cm³/mol. The molecular formula is C17H12F2N4O3. The normalized spacial score (nSPS) is 10.4. The third-order valence-corrected chi connectivity index (χ3v) is 3.31. The van der Waals surface area contributed by atoms with Gasteiger partial charge in [0, 0.05) is 24.5 Å². The Bertz CT molecular complexity index is 988. The van der Waals surface area contributed by atoms with Crippen molar-refractivity contribution >= 4 is 23.3 Å². The van der Waals surface area contributed by atoms with Gasteiger partial charge in [0.15, 0.2) is 5.82 Å². The third-order valence-electron chi connectivity index (χ3n) is 3.31. The Hall–Kier alpha value is -3.62. The molecule has 1 aromatic carbocycles. The zero-order chi connectivity index (χ0) is 18.7. The van der Waals surface area contributed by atoms with Gasteiger partial charge in [-0.05, 0) is 25.1 Å². The molecule has 26 heavy (non-hydrogen) atoms. The fourth-order valence-electron chi connectivity index (χ4n) is 2.09. The van der Waals surface area contributed by atoms with E-state index in [9.17, 15) is 18.4 Å².